The highest BCUT2D eigenvalue weighted by molar-refractivity contribution is 5.41. The molecule has 0 amide bonds. The lowest BCUT2D eigenvalue weighted by Crippen LogP contribution is -2.32. The van der Waals surface area contributed by atoms with Crippen molar-refractivity contribution in [3.8, 4) is 22.9 Å². The minimum Gasteiger partial charge on any atom is -0.497 e. The largest absolute Gasteiger partial charge is 0.497 e. The molecule has 0 saturated carbocycles. The number of hydrogen-bond acceptors (Lipinski definition) is 2. The maximum atomic E-state index is 5.32. The van der Waals surface area contributed by atoms with E-state index in [4.69, 9.17) is 9.47 Å². The SMILES string of the molecule is COc1cccc(-n2[c-][n+](-c3cccc(OC)c3)c(C)c2C)c1. The fourth-order valence-electron chi connectivity index (χ4n) is 2.58. The van der Waals surface area contributed by atoms with Crippen molar-refractivity contribution in [2.75, 3.05) is 14.2 Å². The van der Waals surface area contributed by atoms with Crippen molar-refractivity contribution in [3.63, 3.8) is 0 Å². The van der Waals surface area contributed by atoms with Gasteiger partial charge in [0, 0.05) is 0 Å². The van der Waals surface area contributed by atoms with Crippen LogP contribution in [-0.4, -0.2) is 18.8 Å². The molecule has 23 heavy (non-hydrogen) atoms. The summed E-state index contributed by atoms with van der Waals surface area (Å²) in [7, 11) is 3.35. The fourth-order valence-corrected chi connectivity index (χ4v) is 2.58. The summed E-state index contributed by atoms with van der Waals surface area (Å²) in [5.41, 5.74) is 4.29. The van der Waals surface area contributed by atoms with Gasteiger partial charge in [0.15, 0.2) is 0 Å². The highest BCUT2D eigenvalue weighted by atomic mass is 16.5. The van der Waals surface area contributed by atoms with Crippen LogP contribution in [-0.2, 0) is 0 Å². The molecule has 0 fully saturated rings. The second kappa shape index (κ2) is 6.16. The zero-order valence-electron chi connectivity index (χ0n) is 13.8. The quantitative estimate of drug-likeness (QED) is 0.547. The van der Waals surface area contributed by atoms with Gasteiger partial charge in [-0.15, -0.1) is 0 Å². The van der Waals surface area contributed by atoms with E-state index in [0.29, 0.717) is 0 Å². The Balaban J connectivity index is 2.11. The van der Waals surface area contributed by atoms with E-state index in [1.807, 2.05) is 57.7 Å². The minimum absolute atomic E-state index is 0.828. The predicted molar refractivity (Wildman–Crippen MR) is 88.7 cm³/mol. The van der Waals surface area contributed by atoms with Crippen molar-refractivity contribution in [2.24, 2.45) is 0 Å². The van der Waals surface area contributed by atoms with E-state index in [2.05, 4.69) is 20.2 Å². The second-order valence-electron chi connectivity index (χ2n) is 5.34. The molecule has 4 nitrogen and oxygen atoms in total. The van der Waals surface area contributed by atoms with Crippen LogP contribution < -0.4 is 14.0 Å². The van der Waals surface area contributed by atoms with E-state index in [0.717, 1.165) is 34.3 Å². The first-order valence-corrected chi connectivity index (χ1v) is 7.46. The molecule has 0 N–H and O–H groups in total. The van der Waals surface area contributed by atoms with Crippen molar-refractivity contribution < 1.29 is 14.0 Å². The first kappa shape index (κ1) is 15.2. The monoisotopic (exact) mass is 308 g/mol. The molecule has 0 bridgehead atoms. The molecule has 0 aliphatic heterocycles. The van der Waals surface area contributed by atoms with Gasteiger partial charge in [-0.05, 0) is 50.2 Å². The number of hydrogen-bond donors (Lipinski definition) is 0. The maximum absolute atomic E-state index is 5.32. The average molecular weight is 308 g/mol. The van der Waals surface area contributed by atoms with E-state index >= 15 is 0 Å². The Morgan fingerprint density at radius 3 is 2.26 bits per heavy atom. The van der Waals surface area contributed by atoms with Crippen LogP contribution in [0.1, 0.15) is 11.4 Å². The summed E-state index contributed by atoms with van der Waals surface area (Å²) in [4.78, 5) is 0. The molecule has 1 aromatic heterocycles. The fraction of sp³-hybridized carbons (Fsp3) is 0.211. The maximum Gasteiger partial charge on any atom is 0.269 e. The highest BCUT2D eigenvalue weighted by Gasteiger charge is 2.13. The smallest absolute Gasteiger partial charge is 0.269 e. The lowest BCUT2D eigenvalue weighted by Gasteiger charge is -2.06. The van der Waals surface area contributed by atoms with E-state index in [1.165, 1.54) is 0 Å². The molecule has 3 rings (SSSR count). The summed E-state index contributed by atoms with van der Waals surface area (Å²) in [6.45, 7) is 4.17. The van der Waals surface area contributed by atoms with Gasteiger partial charge in [0.2, 0.25) is 0 Å². The number of nitrogens with zero attached hydrogens (tertiary/aromatic N) is 2. The summed E-state index contributed by atoms with van der Waals surface area (Å²) in [5.74, 6) is 1.66. The number of imidazole rings is 1. The summed E-state index contributed by atoms with van der Waals surface area (Å²) in [5, 5.41) is 0. The molecular formula is C19H20N2O2. The Morgan fingerprint density at radius 2 is 1.57 bits per heavy atom. The number of ether oxygens (including phenoxy) is 2. The molecule has 3 aromatic rings. The molecule has 4 heteroatoms. The second-order valence-corrected chi connectivity index (χ2v) is 5.34. The molecular weight excluding hydrogens is 288 g/mol. The third-order valence-corrected chi connectivity index (χ3v) is 4.02. The lowest BCUT2D eigenvalue weighted by atomic mass is 10.2. The zero-order valence-corrected chi connectivity index (χ0v) is 13.8. The van der Waals surface area contributed by atoms with Gasteiger partial charge in [-0.2, -0.15) is 0 Å². The minimum atomic E-state index is 0.828. The summed E-state index contributed by atoms with van der Waals surface area (Å²) < 4.78 is 14.7. The standard InChI is InChI=1S/C19H20N2O2/c1-14-15(2)21(17-8-6-10-19(12-17)23-4)13-20(14)16-7-5-9-18(11-16)22-3/h5-12H,1-4H3. The molecule has 0 saturated heterocycles. The van der Waals surface area contributed by atoms with Crippen LogP contribution in [0.25, 0.3) is 11.4 Å². The first-order valence-electron chi connectivity index (χ1n) is 7.46. The number of methoxy groups -OCH3 is 2. The molecule has 118 valence electrons. The Bertz CT molecular complexity index is 769. The number of benzene rings is 2. The summed E-state index contributed by atoms with van der Waals surface area (Å²) in [6.07, 6.45) is 3.41. The van der Waals surface area contributed by atoms with Crippen molar-refractivity contribution in [2.45, 2.75) is 13.8 Å². The van der Waals surface area contributed by atoms with Crippen molar-refractivity contribution in [3.05, 3.63) is 66.2 Å². The lowest BCUT2D eigenvalue weighted by molar-refractivity contribution is -0.606. The Kier molecular flexibility index (Phi) is 4.06. The van der Waals surface area contributed by atoms with Crippen LogP contribution >= 0.6 is 0 Å². The molecule has 0 aliphatic rings. The normalized spacial score (nSPS) is 10.6. The average Bonchev–Trinajstić information content (AvgIpc) is 2.90. The van der Waals surface area contributed by atoms with Crippen molar-refractivity contribution >= 4 is 0 Å². The van der Waals surface area contributed by atoms with Gasteiger partial charge in [-0.3, -0.25) is 9.13 Å². The van der Waals surface area contributed by atoms with Crippen LogP contribution in [0.3, 0.4) is 0 Å². The predicted octanol–water partition coefficient (Wildman–Crippen LogP) is 3.19. The number of aromatic nitrogens is 2. The van der Waals surface area contributed by atoms with Gasteiger partial charge in [0.25, 0.3) is 6.33 Å². The molecule has 0 atom stereocenters. The highest BCUT2D eigenvalue weighted by Crippen LogP contribution is 2.20. The molecule has 0 aliphatic carbocycles. The topological polar surface area (TPSA) is 27.3 Å². The van der Waals surface area contributed by atoms with Gasteiger partial charge in [-0.25, -0.2) is 0 Å². The van der Waals surface area contributed by atoms with E-state index in [-0.39, 0.29) is 0 Å². The molecule has 2 aromatic carbocycles. The van der Waals surface area contributed by atoms with Gasteiger partial charge in [0.1, 0.15) is 11.5 Å². The third kappa shape index (κ3) is 2.80. The van der Waals surface area contributed by atoms with Crippen molar-refractivity contribution in [1.29, 1.82) is 0 Å². The van der Waals surface area contributed by atoms with Crippen LogP contribution in [0.5, 0.6) is 11.5 Å². The molecule has 0 spiro atoms. The van der Waals surface area contributed by atoms with E-state index < -0.39 is 0 Å². The van der Waals surface area contributed by atoms with Crippen molar-refractivity contribution in [1.82, 2.24) is 4.57 Å². The zero-order chi connectivity index (χ0) is 16.4. The van der Waals surface area contributed by atoms with Gasteiger partial charge in [0.05, 0.1) is 37.0 Å². The summed E-state index contributed by atoms with van der Waals surface area (Å²) in [6, 6.07) is 15.9. The van der Waals surface area contributed by atoms with Crippen LogP contribution in [0, 0.1) is 20.2 Å². The van der Waals surface area contributed by atoms with Gasteiger partial charge >= 0.3 is 0 Å². The summed E-state index contributed by atoms with van der Waals surface area (Å²) >= 11 is 0. The Hall–Kier alpha value is -2.75. The molecule has 0 radical (unpaired) electrons. The molecule has 0 unspecified atom stereocenters. The van der Waals surface area contributed by atoms with Crippen LogP contribution in [0.15, 0.2) is 48.5 Å². The number of rotatable bonds is 4. The first-order chi connectivity index (χ1) is 11.1. The Labute approximate surface area is 136 Å². The van der Waals surface area contributed by atoms with E-state index in [9.17, 15) is 0 Å². The van der Waals surface area contributed by atoms with E-state index in [1.54, 1.807) is 14.2 Å². The van der Waals surface area contributed by atoms with Gasteiger partial charge in [-0.1, -0.05) is 12.1 Å². The Morgan fingerprint density at radius 1 is 0.913 bits per heavy atom. The van der Waals surface area contributed by atoms with Gasteiger partial charge < -0.3 is 9.47 Å². The van der Waals surface area contributed by atoms with Crippen LogP contribution in [0.2, 0.25) is 0 Å². The molecule has 1 heterocycles. The third-order valence-electron chi connectivity index (χ3n) is 4.02. The van der Waals surface area contributed by atoms with Crippen LogP contribution in [0.4, 0.5) is 0 Å².